The smallest absolute Gasteiger partial charge is 0.260 e. The maximum atomic E-state index is 11.6. The average molecular weight is 249 g/mol. The summed E-state index contributed by atoms with van der Waals surface area (Å²) in [6.07, 6.45) is -0.560. The van der Waals surface area contributed by atoms with Gasteiger partial charge in [0, 0.05) is 11.6 Å². The third-order valence-corrected chi connectivity index (χ3v) is 2.37. The van der Waals surface area contributed by atoms with Crippen molar-refractivity contribution in [1.29, 1.82) is 0 Å². The number of hydrogen-bond donors (Lipinski definition) is 1. The highest BCUT2D eigenvalue weighted by molar-refractivity contribution is 5.94. The Bertz CT molecular complexity index is 423. The second kappa shape index (κ2) is 6.19. The minimum atomic E-state index is -0.560. The molecule has 0 bridgehead atoms. The summed E-state index contributed by atoms with van der Waals surface area (Å²) in [5, 5.41) is 2.77. The molecule has 1 aromatic carbocycles. The fourth-order valence-corrected chi connectivity index (χ4v) is 1.43. The van der Waals surface area contributed by atoms with Crippen LogP contribution in [0.4, 0.5) is 0 Å². The zero-order valence-corrected chi connectivity index (χ0v) is 11.2. The molecule has 0 aliphatic heterocycles. The molecule has 1 N–H and O–H groups in total. The molecule has 4 heteroatoms. The number of carbonyl (C=O) groups is 2. The lowest BCUT2D eigenvalue weighted by molar-refractivity contribution is -0.127. The zero-order chi connectivity index (χ0) is 13.7. The van der Waals surface area contributed by atoms with Crippen molar-refractivity contribution in [2.45, 2.75) is 39.8 Å². The Labute approximate surface area is 107 Å². The molecular formula is C14H19NO3. The molecule has 0 aliphatic carbocycles. The predicted octanol–water partition coefficient (Wildman–Crippen LogP) is 2.18. The van der Waals surface area contributed by atoms with Gasteiger partial charge in [0.15, 0.2) is 11.9 Å². The molecule has 0 aromatic heterocycles. The highest BCUT2D eigenvalue weighted by Gasteiger charge is 2.15. The van der Waals surface area contributed by atoms with Crippen molar-refractivity contribution in [3.8, 4) is 5.75 Å². The number of nitrogens with one attached hydrogen (secondary N) is 1. The van der Waals surface area contributed by atoms with Crippen LogP contribution in [0.1, 0.15) is 38.1 Å². The van der Waals surface area contributed by atoms with Crippen molar-refractivity contribution < 1.29 is 14.3 Å². The van der Waals surface area contributed by atoms with Crippen LogP contribution in [-0.4, -0.2) is 23.8 Å². The molecule has 4 nitrogen and oxygen atoms in total. The van der Waals surface area contributed by atoms with Gasteiger partial charge in [0.2, 0.25) is 0 Å². The van der Waals surface area contributed by atoms with E-state index in [1.807, 2.05) is 13.8 Å². The molecule has 0 heterocycles. The molecule has 18 heavy (non-hydrogen) atoms. The van der Waals surface area contributed by atoms with Crippen LogP contribution >= 0.6 is 0 Å². The maximum Gasteiger partial charge on any atom is 0.260 e. The average Bonchev–Trinajstić information content (AvgIpc) is 2.28. The first-order chi connectivity index (χ1) is 8.40. The van der Waals surface area contributed by atoms with Gasteiger partial charge in [-0.1, -0.05) is 0 Å². The van der Waals surface area contributed by atoms with E-state index < -0.39 is 6.10 Å². The minimum Gasteiger partial charge on any atom is -0.481 e. The molecule has 1 rings (SSSR count). The van der Waals surface area contributed by atoms with Gasteiger partial charge in [0.25, 0.3) is 5.91 Å². The molecule has 0 radical (unpaired) electrons. The minimum absolute atomic E-state index is 0.00662. The van der Waals surface area contributed by atoms with Crippen molar-refractivity contribution in [3.63, 3.8) is 0 Å². The van der Waals surface area contributed by atoms with Crippen molar-refractivity contribution in [1.82, 2.24) is 5.32 Å². The van der Waals surface area contributed by atoms with Gasteiger partial charge in [0.05, 0.1) is 0 Å². The zero-order valence-electron chi connectivity index (χ0n) is 11.2. The van der Waals surface area contributed by atoms with E-state index in [9.17, 15) is 9.59 Å². The van der Waals surface area contributed by atoms with Crippen LogP contribution in [0.3, 0.4) is 0 Å². The second-order valence-corrected chi connectivity index (χ2v) is 4.50. The van der Waals surface area contributed by atoms with Crippen LogP contribution in [0.15, 0.2) is 24.3 Å². The van der Waals surface area contributed by atoms with E-state index in [-0.39, 0.29) is 17.7 Å². The molecular weight excluding hydrogens is 230 g/mol. The van der Waals surface area contributed by atoms with Crippen molar-refractivity contribution in [2.75, 3.05) is 0 Å². The molecule has 0 saturated carbocycles. The van der Waals surface area contributed by atoms with Crippen LogP contribution in [0, 0.1) is 0 Å². The summed E-state index contributed by atoms with van der Waals surface area (Å²) in [7, 11) is 0. The summed E-state index contributed by atoms with van der Waals surface area (Å²) in [6, 6.07) is 6.84. The monoisotopic (exact) mass is 249 g/mol. The predicted molar refractivity (Wildman–Crippen MR) is 69.8 cm³/mol. The third-order valence-electron chi connectivity index (χ3n) is 2.37. The third kappa shape index (κ3) is 4.20. The van der Waals surface area contributed by atoms with Gasteiger partial charge >= 0.3 is 0 Å². The van der Waals surface area contributed by atoms with E-state index in [4.69, 9.17) is 4.74 Å². The molecule has 0 aliphatic rings. The second-order valence-electron chi connectivity index (χ2n) is 4.50. The summed E-state index contributed by atoms with van der Waals surface area (Å²) in [5.41, 5.74) is 0.627. The van der Waals surface area contributed by atoms with Gasteiger partial charge in [-0.3, -0.25) is 9.59 Å². The van der Waals surface area contributed by atoms with Gasteiger partial charge in [0.1, 0.15) is 5.75 Å². The lowest BCUT2D eigenvalue weighted by Crippen LogP contribution is -2.40. The first-order valence-electron chi connectivity index (χ1n) is 5.98. The first-order valence-corrected chi connectivity index (χ1v) is 5.98. The van der Waals surface area contributed by atoms with Gasteiger partial charge in [-0.25, -0.2) is 0 Å². The lowest BCUT2D eigenvalue weighted by atomic mass is 10.1. The van der Waals surface area contributed by atoms with E-state index in [0.29, 0.717) is 11.3 Å². The molecule has 0 fully saturated rings. The van der Waals surface area contributed by atoms with E-state index in [0.717, 1.165) is 0 Å². The summed E-state index contributed by atoms with van der Waals surface area (Å²) in [6.45, 7) is 6.99. The van der Waals surface area contributed by atoms with Crippen molar-refractivity contribution in [3.05, 3.63) is 29.8 Å². The number of ketones is 1. The van der Waals surface area contributed by atoms with Gasteiger partial charge in [-0.2, -0.15) is 0 Å². The Morgan fingerprint density at radius 2 is 1.67 bits per heavy atom. The SMILES string of the molecule is CC(=O)c1ccc(O[C@H](C)C(=O)NC(C)C)cc1. The summed E-state index contributed by atoms with van der Waals surface area (Å²) in [5.74, 6) is 0.430. The van der Waals surface area contributed by atoms with Crippen molar-refractivity contribution >= 4 is 11.7 Å². The van der Waals surface area contributed by atoms with E-state index >= 15 is 0 Å². The highest BCUT2D eigenvalue weighted by atomic mass is 16.5. The number of rotatable bonds is 5. The Balaban J connectivity index is 2.61. The Hall–Kier alpha value is -1.84. The molecule has 0 saturated heterocycles. The molecule has 98 valence electrons. The summed E-state index contributed by atoms with van der Waals surface area (Å²) in [4.78, 5) is 22.7. The molecule has 1 atom stereocenters. The Morgan fingerprint density at radius 1 is 1.11 bits per heavy atom. The quantitative estimate of drug-likeness (QED) is 0.814. The molecule has 0 spiro atoms. The van der Waals surface area contributed by atoms with Gasteiger partial charge in [-0.05, 0) is 52.0 Å². The van der Waals surface area contributed by atoms with E-state index in [1.165, 1.54) is 6.92 Å². The maximum absolute atomic E-state index is 11.6. The molecule has 1 amide bonds. The standard InChI is InChI=1S/C14H19NO3/c1-9(2)15-14(17)11(4)18-13-7-5-12(6-8-13)10(3)16/h5-9,11H,1-4H3,(H,15,17)/t11-/m1/s1. The Kier molecular flexibility index (Phi) is 4.89. The van der Waals surface area contributed by atoms with Crippen LogP contribution in [-0.2, 0) is 4.79 Å². The van der Waals surface area contributed by atoms with Crippen LogP contribution in [0.5, 0.6) is 5.75 Å². The van der Waals surface area contributed by atoms with Gasteiger partial charge in [-0.15, -0.1) is 0 Å². The van der Waals surface area contributed by atoms with Crippen molar-refractivity contribution in [2.24, 2.45) is 0 Å². The number of amides is 1. The molecule has 1 aromatic rings. The summed E-state index contributed by atoms with van der Waals surface area (Å²) >= 11 is 0. The Morgan fingerprint density at radius 3 is 2.11 bits per heavy atom. The van der Waals surface area contributed by atoms with Gasteiger partial charge < -0.3 is 10.1 Å². The lowest BCUT2D eigenvalue weighted by Gasteiger charge is -2.16. The number of hydrogen-bond acceptors (Lipinski definition) is 3. The van der Waals surface area contributed by atoms with Crippen LogP contribution in [0.2, 0.25) is 0 Å². The number of benzene rings is 1. The van der Waals surface area contributed by atoms with E-state index in [1.54, 1.807) is 31.2 Å². The fourth-order valence-electron chi connectivity index (χ4n) is 1.43. The molecule has 0 unspecified atom stereocenters. The first kappa shape index (κ1) is 14.2. The number of Topliss-reactive ketones (excluding diaryl/α,β-unsaturated/α-hetero) is 1. The topological polar surface area (TPSA) is 55.4 Å². The fraction of sp³-hybridized carbons (Fsp3) is 0.429. The largest absolute Gasteiger partial charge is 0.481 e. The van der Waals surface area contributed by atoms with Crippen LogP contribution < -0.4 is 10.1 Å². The van der Waals surface area contributed by atoms with Crippen LogP contribution in [0.25, 0.3) is 0 Å². The number of carbonyl (C=O) groups excluding carboxylic acids is 2. The highest BCUT2D eigenvalue weighted by Crippen LogP contribution is 2.14. The normalized spacial score (nSPS) is 12.1. The summed E-state index contributed by atoms with van der Waals surface area (Å²) < 4.78 is 5.49. The van der Waals surface area contributed by atoms with E-state index in [2.05, 4.69) is 5.32 Å². The number of ether oxygens (including phenoxy) is 1.